The molecular weight excluding hydrogens is 252 g/mol. The summed E-state index contributed by atoms with van der Waals surface area (Å²) >= 11 is 0. The summed E-state index contributed by atoms with van der Waals surface area (Å²) in [6.45, 7) is 6.29. The van der Waals surface area contributed by atoms with Crippen LogP contribution in [0.2, 0.25) is 0 Å². The Morgan fingerprint density at radius 1 is 1.00 bits per heavy atom. The lowest BCUT2D eigenvalue weighted by atomic mass is 9.81. The first-order valence-electron chi connectivity index (χ1n) is 6.49. The minimum absolute atomic E-state index is 0.108. The Hall–Kier alpha value is -2.29. The first-order chi connectivity index (χ1) is 9.39. The van der Waals surface area contributed by atoms with Gasteiger partial charge in [-0.3, -0.25) is 0 Å². The third-order valence-corrected chi connectivity index (χ3v) is 3.09. The lowest BCUT2D eigenvalue weighted by molar-refractivity contribution is 0.144. The molecule has 0 unspecified atom stereocenters. The summed E-state index contributed by atoms with van der Waals surface area (Å²) < 4.78 is 4.95. The van der Waals surface area contributed by atoms with Crippen molar-refractivity contribution in [3.63, 3.8) is 0 Å². The molecule has 0 spiro atoms. The van der Waals surface area contributed by atoms with E-state index < -0.39 is 6.16 Å². The summed E-state index contributed by atoms with van der Waals surface area (Å²) in [5.74, 6) is 0.371. The molecule has 0 aliphatic rings. The zero-order valence-corrected chi connectivity index (χ0v) is 11.9. The number of hydrogen-bond acceptors (Lipinski definition) is 2. The fourth-order valence-corrected chi connectivity index (χ4v) is 2.24. The van der Waals surface area contributed by atoms with Gasteiger partial charge in [-0.1, -0.05) is 63.2 Å². The number of benzene rings is 2. The maximum atomic E-state index is 10.9. The van der Waals surface area contributed by atoms with Crippen molar-refractivity contribution in [2.45, 2.75) is 26.2 Å². The lowest BCUT2D eigenvalue weighted by Gasteiger charge is -2.24. The summed E-state index contributed by atoms with van der Waals surface area (Å²) in [5, 5.41) is 8.91. The maximum Gasteiger partial charge on any atom is 0.511 e. The normalized spacial score (nSPS) is 11.2. The molecule has 3 nitrogen and oxygen atoms in total. The van der Waals surface area contributed by atoms with Crippen LogP contribution in [0.1, 0.15) is 26.3 Å². The predicted octanol–water partition coefficient (Wildman–Crippen LogP) is 4.71. The van der Waals surface area contributed by atoms with Gasteiger partial charge in [-0.2, -0.15) is 0 Å². The van der Waals surface area contributed by atoms with E-state index in [4.69, 9.17) is 9.84 Å². The van der Waals surface area contributed by atoms with E-state index in [9.17, 15) is 4.79 Å². The van der Waals surface area contributed by atoms with Crippen molar-refractivity contribution in [2.75, 3.05) is 0 Å². The molecule has 1 N–H and O–H groups in total. The molecule has 0 radical (unpaired) electrons. The second-order valence-corrected chi connectivity index (χ2v) is 5.66. The monoisotopic (exact) mass is 270 g/mol. The van der Waals surface area contributed by atoms with Gasteiger partial charge in [0.15, 0.2) is 0 Å². The molecule has 0 fully saturated rings. The van der Waals surface area contributed by atoms with Crippen LogP contribution < -0.4 is 4.74 Å². The van der Waals surface area contributed by atoms with Crippen LogP contribution in [0.5, 0.6) is 5.75 Å². The zero-order chi connectivity index (χ0) is 14.8. The van der Waals surface area contributed by atoms with Crippen LogP contribution >= 0.6 is 0 Å². The van der Waals surface area contributed by atoms with Crippen molar-refractivity contribution in [1.29, 1.82) is 0 Å². The topological polar surface area (TPSA) is 46.5 Å². The third-order valence-electron chi connectivity index (χ3n) is 3.09. The van der Waals surface area contributed by atoms with E-state index in [1.807, 2.05) is 42.5 Å². The number of ether oxygens (including phenoxy) is 1. The van der Waals surface area contributed by atoms with E-state index in [0.717, 1.165) is 16.7 Å². The minimum Gasteiger partial charge on any atom is -0.449 e. The molecule has 0 saturated carbocycles. The molecule has 0 amide bonds. The summed E-state index contributed by atoms with van der Waals surface area (Å²) in [4.78, 5) is 10.9. The van der Waals surface area contributed by atoms with Gasteiger partial charge in [0.2, 0.25) is 0 Å². The van der Waals surface area contributed by atoms with Gasteiger partial charge in [0.05, 0.1) is 0 Å². The van der Waals surface area contributed by atoms with E-state index in [2.05, 4.69) is 20.8 Å². The highest BCUT2D eigenvalue weighted by Crippen LogP contribution is 2.39. The van der Waals surface area contributed by atoms with Crippen LogP contribution in [0, 0.1) is 0 Å². The van der Waals surface area contributed by atoms with Crippen LogP contribution in [0.25, 0.3) is 11.1 Å². The van der Waals surface area contributed by atoms with Gasteiger partial charge in [0, 0.05) is 5.56 Å². The Balaban J connectivity index is 2.69. The fraction of sp³-hybridized carbons (Fsp3) is 0.235. The molecule has 0 heterocycles. The molecule has 104 valence electrons. The average molecular weight is 270 g/mol. The molecule has 2 aromatic rings. The van der Waals surface area contributed by atoms with Crippen molar-refractivity contribution in [3.05, 3.63) is 54.1 Å². The van der Waals surface area contributed by atoms with Gasteiger partial charge in [0.1, 0.15) is 5.75 Å². The Bertz CT molecular complexity index is 610. The molecule has 3 heteroatoms. The van der Waals surface area contributed by atoms with Crippen molar-refractivity contribution in [1.82, 2.24) is 0 Å². The zero-order valence-electron chi connectivity index (χ0n) is 11.9. The van der Waals surface area contributed by atoms with Gasteiger partial charge in [-0.25, -0.2) is 4.79 Å². The molecule has 0 aromatic heterocycles. The molecule has 0 aliphatic carbocycles. The first kappa shape index (κ1) is 14.1. The highest BCUT2D eigenvalue weighted by Gasteiger charge is 2.22. The molecule has 20 heavy (non-hydrogen) atoms. The molecule has 0 saturated heterocycles. The van der Waals surface area contributed by atoms with Crippen molar-refractivity contribution in [3.8, 4) is 16.9 Å². The molecule has 0 atom stereocenters. The second kappa shape index (κ2) is 5.37. The highest BCUT2D eigenvalue weighted by atomic mass is 16.7. The number of rotatable bonds is 2. The Kier molecular flexibility index (Phi) is 3.79. The molecule has 2 aromatic carbocycles. The van der Waals surface area contributed by atoms with E-state index in [-0.39, 0.29) is 5.41 Å². The summed E-state index contributed by atoms with van der Waals surface area (Å²) in [5.41, 5.74) is 2.74. The van der Waals surface area contributed by atoms with Gasteiger partial charge in [0.25, 0.3) is 0 Å². The fourth-order valence-electron chi connectivity index (χ4n) is 2.24. The van der Waals surface area contributed by atoms with E-state index in [1.165, 1.54) is 0 Å². The minimum atomic E-state index is -1.30. The standard InChI is InChI=1S/C17H18O3/c1-17(2,3)13-10-7-11-14(20-16(18)19)15(13)12-8-5-4-6-9-12/h4-11H,1-3H3,(H,18,19). The third kappa shape index (κ3) is 2.99. The summed E-state index contributed by atoms with van der Waals surface area (Å²) in [7, 11) is 0. The Labute approximate surface area is 118 Å². The predicted molar refractivity (Wildman–Crippen MR) is 79.2 cm³/mol. The molecule has 2 rings (SSSR count). The molecular formula is C17H18O3. The second-order valence-electron chi connectivity index (χ2n) is 5.66. The lowest BCUT2D eigenvalue weighted by Crippen LogP contribution is -2.14. The van der Waals surface area contributed by atoms with Crippen LogP contribution in [-0.2, 0) is 5.41 Å². The van der Waals surface area contributed by atoms with Crippen molar-refractivity contribution >= 4 is 6.16 Å². The first-order valence-corrected chi connectivity index (χ1v) is 6.49. The van der Waals surface area contributed by atoms with Crippen molar-refractivity contribution in [2.24, 2.45) is 0 Å². The van der Waals surface area contributed by atoms with Crippen LogP contribution in [0.4, 0.5) is 4.79 Å². The van der Waals surface area contributed by atoms with E-state index in [1.54, 1.807) is 6.07 Å². The van der Waals surface area contributed by atoms with Gasteiger partial charge in [-0.05, 0) is 22.6 Å². The number of carboxylic acid groups (broad SMARTS) is 1. The summed E-state index contributed by atoms with van der Waals surface area (Å²) in [6, 6.07) is 15.2. The smallest absolute Gasteiger partial charge is 0.449 e. The maximum absolute atomic E-state index is 10.9. The van der Waals surface area contributed by atoms with E-state index in [0.29, 0.717) is 5.75 Å². The van der Waals surface area contributed by atoms with Gasteiger partial charge in [-0.15, -0.1) is 0 Å². The largest absolute Gasteiger partial charge is 0.511 e. The molecule has 0 aliphatic heterocycles. The quantitative estimate of drug-likeness (QED) is 0.635. The molecule has 0 bridgehead atoms. The number of carbonyl (C=O) groups is 1. The van der Waals surface area contributed by atoms with Crippen LogP contribution in [-0.4, -0.2) is 11.3 Å². The summed E-state index contributed by atoms with van der Waals surface area (Å²) in [6.07, 6.45) is -1.30. The van der Waals surface area contributed by atoms with Crippen molar-refractivity contribution < 1.29 is 14.6 Å². The van der Waals surface area contributed by atoms with Gasteiger partial charge < -0.3 is 9.84 Å². The van der Waals surface area contributed by atoms with Crippen LogP contribution in [0.15, 0.2) is 48.5 Å². The highest BCUT2D eigenvalue weighted by molar-refractivity contribution is 5.77. The Morgan fingerprint density at radius 2 is 1.65 bits per heavy atom. The van der Waals surface area contributed by atoms with E-state index >= 15 is 0 Å². The number of hydrogen-bond donors (Lipinski definition) is 1. The average Bonchev–Trinajstić information content (AvgIpc) is 2.38. The SMILES string of the molecule is CC(C)(C)c1cccc(OC(=O)O)c1-c1ccccc1. The van der Waals surface area contributed by atoms with Gasteiger partial charge >= 0.3 is 6.16 Å². The Morgan fingerprint density at radius 3 is 2.20 bits per heavy atom. The van der Waals surface area contributed by atoms with Crippen LogP contribution in [0.3, 0.4) is 0 Å².